The van der Waals surface area contributed by atoms with Gasteiger partial charge in [0.25, 0.3) is 5.91 Å². The molecule has 0 aromatic carbocycles. The summed E-state index contributed by atoms with van der Waals surface area (Å²) >= 11 is 11.4. The summed E-state index contributed by atoms with van der Waals surface area (Å²) < 4.78 is 4.58. The zero-order valence-electron chi connectivity index (χ0n) is 10.1. The van der Waals surface area contributed by atoms with E-state index in [2.05, 4.69) is 15.0 Å². The van der Waals surface area contributed by atoms with Gasteiger partial charge in [0.2, 0.25) is 0 Å². The zero-order chi connectivity index (χ0) is 13.9. The van der Waals surface area contributed by atoms with Crippen molar-refractivity contribution in [2.45, 2.75) is 19.4 Å². The summed E-state index contributed by atoms with van der Waals surface area (Å²) in [6, 6.07) is 1.37. The minimum absolute atomic E-state index is 0.112. The minimum atomic E-state index is -1.14. The Labute approximate surface area is 114 Å². The second-order valence-corrected chi connectivity index (χ2v) is 4.83. The van der Waals surface area contributed by atoms with Gasteiger partial charge in [0.05, 0.1) is 17.7 Å². The molecule has 1 aromatic heterocycles. The van der Waals surface area contributed by atoms with Gasteiger partial charge in [-0.25, -0.2) is 9.78 Å². The largest absolute Gasteiger partial charge is 0.467 e. The molecule has 0 aliphatic carbocycles. The number of hydrogen-bond acceptors (Lipinski definition) is 4. The van der Waals surface area contributed by atoms with Gasteiger partial charge in [0.15, 0.2) is 0 Å². The summed E-state index contributed by atoms with van der Waals surface area (Å²) in [5.41, 5.74) is -0.931. The maximum atomic E-state index is 11.9. The van der Waals surface area contributed by atoms with E-state index in [1.54, 1.807) is 0 Å². The van der Waals surface area contributed by atoms with Gasteiger partial charge in [-0.3, -0.25) is 4.79 Å². The molecule has 5 nitrogen and oxygen atoms in total. The number of ether oxygens (including phenoxy) is 1. The first kappa shape index (κ1) is 14.7. The first-order valence-electron chi connectivity index (χ1n) is 5.00. The molecule has 0 aliphatic heterocycles. The molecule has 0 aliphatic rings. The highest BCUT2D eigenvalue weighted by Crippen LogP contribution is 2.20. The second-order valence-electron chi connectivity index (χ2n) is 4.07. The smallest absolute Gasteiger partial charge is 0.330 e. The summed E-state index contributed by atoms with van der Waals surface area (Å²) in [6.45, 7) is 3.06. The maximum Gasteiger partial charge on any atom is 0.330 e. The van der Waals surface area contributed by atoms with E-state index in [-0.39, 0.29) is 15.7 Å². The molecule has 0 atom stereocenters. The van der Waals surface area contributed by atoms with Gasteiger partial charge in [0.1, 0.15) is 10.7 Å². The van der Waals surface area contributed by atoms with Crippen LogP contribution in [0.4, 0.5) is 0 Å². The first-order valence-corrected chi connectivity index (χ1v) is 5.75. The molecular formula is C11H12Cl2N2O3. The lowest BCUT2D eigenvalue weighted by Crippen LogP contribution is -2.50. The number of nitrogens with zero attached hydrogens (tertiary/aromatic N) is 1. The number of hydrogen-bond donors (Lipinski definition) is 1. The molecule has 0 spiro atoms. The van der Waals surface area contributed by atoms with E-state index >= 15 is 0 Å². The third kappa shape index (κ3) is 3.34. The Bertz CT molecular complexity index is 489. The van der Waals surface area contributed by atoms with Crippen LogP contribution in [0.15, 0.2) is 12.3 Å². The van der Waals surface area contributed by atoms with E-state index in [9.17, 15) is 9.59 Å². The molecule has 18 heavy (non-hydrogen) atoms. The number of esters is 1. The predicted octanol–water partition coefficient (Wildman–Crippen LogP) is 2.07. The molecule has 7 heteroatoms. The van der Waals surface area contributed by atoms with Crippen LogP contribution in [0.3, 0.4) is 0 Å². The van der Waals surface area contributed by atoms with E-state index in [1.807, 2.05) is 0 Å². The van der Waals surface area contributed by atoms with E-state index in [0.29, 0.717) is 0 Å². The molecule has 0 radical (unpaired) electrons. The summed E-state index contributed by atoms with van der Waals surface area (Å²) in [6.07, 6.45) is 1.27. The van der Waals surface area contributed by atoms with Crippen LogP contribution in [0, 0.1) is 0 Å². The average molecular weight is 291 g/mol. The molecule has 1 N–H and O–H groups in total. The van der Waals surface area contributed by atoms with Gasteiger partial charge in [-0.05, 0) is 19.9 Å². The number of nitrogens with one attached hydrogen (secondary N) is 1. The molecule has 1 heterocycles. The normalized spacial score (nSPS) is 10.9. The second kappa shape index (κ2) is 5.54. The average Bonchev–Trinajstić information content (AvgIpc) is 2.30. The highest BCUT2D eigenvalue weighted by Gasteiger charge is 2.30. The molecular weight excluding hydrogens is 279 g/mol. The van der Waals surface area contributed by atoms with Crippen LogP contribution in [-0.4, -0.2) is 29.5 Å². The Kier molecular flexibility index (Phi) is 4.53. The van der Waals surface area contributed by atoms with E-state index in [4.69, 9.17) is 23.2 Å². The molecule has 1 aromatic rings. The lowest BCUT2D eigenvalue weighted by Gasteiger charge is -2.22. The van der Waals surface area contributed by atoms with Crippen LogP contribution in [0.1, 0.15) is 24.2 Å². The van der Waals surface area contributed by atoms with Crippen LogP contribution in [0.2, 0.25) is 10.2 Å². The Balaban J connectivity index is 2.89. The van der Waals surface area contributed by atoms with Gasteiger partial charge >= 0.3 is 5.97 Å². The summed E-state index contributed by atoms with van der Waals surface area (Å²) in [7, 11) is 1.25. The number of carbonyl (C=O) groups is 2. The van der Waals surface area contributed by atoms with Crippen molar-refractivity contribution in [1.82, 2.24) is 10.3 Å². The van der Waals surface area contributed by atoms with Crippen molar-refractivity contribution in [3.8, 4) is 0 Å². The number of amides is 1. The Morgan fingerprint density at radius 1 is 1.39 bits per heavy atom. The van der Waals surface area contributed by atoms with Gasteiger partial charge in [-0.15, -0.1) is 0 Å². The number of methoxy groups -OCH3 is 1. The number of pyridine rings is 1. The van der Waals surface area contributed by atoms with Gasteiger partial charge in [0, 0.05) is 6.20 Å². The standard InChI is InChI=1S/C11H12Cl2N2O3/c1-11(2,10(17)18-3)15-9(16)6-4-7(12)8(13)14-5-6/h4-5H,1-3H3,(H,15,16). The molecule has 0 bridgehead atoms. The highest BCUT2D eigenvalue weighted by atomic mass is 35.5. The summed E-state index contributed by atoms with van der Waals surface area (Å²) in [5, 5.41) is 2.79. The molecule has 0 saturated heterocycles. The molecule has 1 rings (SSSR count). The lowest BCUT2D eigenvalue weighted by atomic mass is 10.1. The van der Waals surface area contributed by atoms with E-state index in [1.165, 1.54) is 33.2 Å². The topological polar surface area (TPSA) is 68.3 Å². The number of aromatic nitrogens is 1. The Morgan fingerprint density at radius 2 is 2.00 bits per heavy atom. The van der Waals surface area contributed by atoms with Gasteiger partial charge < -0.3 is 10.1 Å². The van der Waals surface area contributed by atoms with Crippen LogP contribution >= 0.6 is 23.2 Å². The van der Waals surface area contributed by atoms with Gasteiger partial charge in [-0.2, -0.15) is 0 Å². The molecule has 0 unspecified atom stereocenters. The van der Waals surface area contributed by atoms with Crippen molar-refractivity contribution in [3.05, 3.63) is 28.0 Å². The Morgan fingerprint density at radius 3 is 2.50 bits per heavy atom. The summed E-state index contributed by atoms with van der Waals surface area (Å²) in [5.74, 6) is -1.04. The lowest BCUT2D eigenvalue weighted by molar-refractivity contribution is -0.146. The quantitative estimate of drug-likeness (QED) is 0.683. The van der Waals surface area contributed by atoms with Crippen LogP contribution in [-0.2, 0) is 9.53 Å². The van der Waals surface area contributed by atoms with Crippen LogP contribution in [0.5, 0.6) is 0 Å². The first-order chi connectivity index (χ1) is 8.27. The molecule has 0 fully saturated rings. The number of carbonyl (C=O) groups excluding carboxylic acids is 2. The zero-order valence-corrected chi connectivity index (χ0v) is 11.6. The highest BCUT2D eigenvalue weighted by molar-refractivity contribution is 6.41. The van der Waals surface area contributed by atoms with Crippen molar-refractivity contribution < 1.29 is 14.3 Å². The number of rotatable bonds is 3. The van der Waals surface area contributed by atoms with Gasteiger partial charge in [-0.1, -0.05) is 23.2 Å². The fraction of sp³-hybridized carbons (Fsp3) is 0.364. The Hall–Kier alpha value is -1.33. The molecule has 1 amide bonds. The van der Waals surface area contributed by atoms with Crippen molar-refractivity contribution >= 4 is 35.1 Å². The van der Waals surface area contributed by atoms with E-state index < -0.39 is 17.4 Å². The molecule has 0 saturated carbocycles. The predicted molar refractivity (Wildman–Crippen MR) is 67.8 cm³/mol. The third-order valence-corrected chi connectivity index (χ3v) is 2.87. The van der Waals surface area contributed by atoms with Crippen molar-refractivity contribution in [1.29, 1.82) is 0 Å². The van der Waals surface area contributed by atoms with Crippen molar-refractivity contribution in [3.63, 3.8) is 0 Å². The van der Waals surface area contributed by atoms with Crippen LogP contribution < -0.4 is 5.32 Å². The van der Waals surface area contributed by atoms with Crippen molar-refractivity contribution in [2.75, 3.05) is 7.11 Å². The fourth-order valence-electron chi connectivity index (χ4n) is 1.21. The monoisotopic (exact) mass is 290 g/mol. The SMILES string of the molecule is COC(=O)C(C)(C)NC(=O)c1cnc(Cl)c(Cl)c1. The van der Waals surface area contributed by atoms with E-state index in [0.717, 1.165) is 0 Å². The minimum Gasteiger partial charge on any atom is -0.467 e. The van der Waals surface area contributed by atoms with Crippen molar-refractivity contribution in [2.24, 2.45) is 0 Å². The van der Waals surface area contributed by atoms with Crippen LogP contribution in [0.25, 0.3) is 0 Å². The number of halogens is 2. The molecule has 98 valence electrons. The maximum absolute atomic E-state index is 11.9. The fourth-order valence-corrected chi connectivity index (χ4v) is 1.48. The summed E-state index contributed by atoms with van der Waals surface area (Å²) in [4.78, 5) is 27.1. The third-order valence-electron chi connectivity index (χ3n) is 2.18.